The Morgan fingerprint density at radius 2 is 1.68 bits per heavy atom. The predicted octanol–water partition coefficient (Wildman–Crippen LogP) is 4.07. The molecule has 0 aliphatic rings. The van der Waals surface area contributed by atoms with E-state index in [-0.39, 0.29) is 0 Å². The van der Waals surface area contributed by atoms with Gasteiger partial charge in [0.25, 0.3) is 0 Å². The monoisotopic (exact) mass is 273 g/mol. The maximum absolute atomic E-state index is 5.15. The lowest BCUT2D eigenvalue weighted by Gasteiger charge is -2.07. The van der Waals surface area contributed by atoms with Crippen molar-refractivity contribution in [1.82, 2.24) is 0 Å². The molecule has 0 atom stereocenters. The second-order valence-electron chi connectivity index (χ2n) is 4.25. The van der Waals surface area contributed by atoms with Crippen LogP contribution in [0.15, 0.2) is 53.4 Å². The van der Waals surface area contributed by atoms with Crippen molar-refractivity contribution in [2.24, 2.45) is 0 Å². The summed E-state index contributed by atoms with van der Waals surface area (Å²) in [6, 6.07) is 16.8. The summed E-state index contributed by atoms with van der Waals surface area (Å²) >= 11 is 1.76. The van der Waals surface area contributed by atoms with Gasteiger partial charge in [-0.2, -0.15) is 0 Å². The molecule has 0 aliphatic carbocycles. The van der Waals surface area contributed by atoms with Crippen LogP contribution < -0.4 is 10.1 Å². The van der Waals surface area contributed by atoms with Crippen molar-refractivity contribution in [2.75, 3.05) is 25.2 Å². The van der Waals surface area contributed by atoms with E-state index in [0.717, 1.165) is 18.7 Å². The molecule has 0 fully saturated rings. The van der Waals surface area contributed by atoms with Gasteiger partial charge in [0.15, 0.2) is 0 Å². The largest absolute Gasteiger partial charge is 0.497 e. The molecule has 0 aliphatic heterocycles. The van der Waals surface area contributed by atoms with Crippen molar-refractivity contribution < 1.29 is 4.74 Å². The Kier molecular flexibility index (Phi) is 5.16. The fraction of sp³-hybridized carbons (Fsp3) is 0.250. The lowest BCUT2D eigenvalue weighted by Crippen LogP contribution is -2.04. The number of hydrogen-bond donors (Lipinski definition) is 1. The number of ether oxygens (including phenoxy) is 1. The van der Waals surface area contributed by atoms with Crippen molar-refractivity contribution in [2.45, 2.75) is 11.3 Å². The summed E-state index contributed by atoms with van der Waals surface area (Å²) in [5.74, 6) is 0.907. The SMILES string of the molecule is COc1ccc(CCNc2ccc(SC)cc2)cc1. The molecule has 0 radical (unpaired) electrons. The van der Waals surface area contributed by atoms with Crippen LogP contribution in [-0.4, -0.2) is 19.9 Å². The third-order valence-corrected chi connectivity index (χ3v) is 3.74. The van der Waals surface area contributed by atoms with Crippen molar-refractivity contribution >= 4 is 17.4 Å². The Morgan fingerprint density at radius 1 is 1.00 bits per heavy atom. The van der Waals surface area contributed by atoms with Gasteiger partial charge in [-0.1, -0.05) is 12.1 Å². The second-order valence-corrected chi connectivity index (χ2v) is 5.13. The zero-order valence-electron chi connectivity index (χ0n) is 11.3. The number of hydrogen-bond acceptors (Lipinski definition) is 3. The maximum Gasteiger partial charge on any atom is 0.118 e. The summed E-state index contributed by atoms with van der Waals surface area (Å²) in [7, 11) is 1.69. The highest BCUT2D eigenvalue weighted by atomic mass is 32.2. The van der Waals surface area contributed by atoms with E-state index in [4.69, 9.17) is 4.74 Å². The van der Waals surface area contributed by atoms with Crippen LogP contribution in [0.4, 0.5) is 5.69 Å². The molecule has 19 heavy (non-hydrogen) atoms. The average Bonchev–Trinajstić information content (AvgIpc) is 2.49. The van der Waals surface area contributed by atoms with Gasteiger partial charge in [-0.25, -0.2) is 0 Å². The number of thioether (sulfide) groups is 1. The van der Waals surface area contributed by atoms with E-state index in [9.17, 15) is 0 Å². The van der Waals surface area contributed by atoms with Crippen LogP contribution >= 0.6 is 11.8 Å². The Balaban J connectivity index is 1.81. The first-order valence-electron chi connectivity index (χ1n) is 6.32. The summed E-state index contributed by atoms with van der Waals surface area (Å²) in [6.07, 6.45) is 3.10. The molecule has 2 nitrogen and oxygen atoms in total. The molecule has 0 saturated carbocycles. The molecule has 0 saturated heterocycles. The summed E-state index contributed by atoms with van der Waals surface area (Å²) in [4.78, 5) is 1.29. The van der Waals surface area contributed by atoms with E-state index in [1.165, 1.54) is 16.1 Å². The van der Waals surface area contributed by atoms with Crippen LogP contribution in [0.25, 0.3) is 0 Å². The Hall–Kier alpha value is -1.61. The van der Waals surface area contributed by atoms with E-state index in [1.54, 1.807) is 18.9 Å². The van der Waals surface area contributed by atoms with Crippen molar-refractivity contribution in [3.8, 4) is 5.75 Å². The van der Waals surface area contributed by atoms with Gasteiger partial charge in [0.1, 0.15) is 5.75 Å². The normalized spacial score (nSPS) is 10.2. The third-order valence-electron chi connectivity index (χ3n) is 2.99. The van der Waals surface area contributed by atoms with Gasteiger partial charge in [0.2, 0.25) is 0 Å². The molecular formula is C16H19NOS. The van der Waals surface area contributed by atoms with Gasteiger partial charge < -0.3 is 10.1 Å². The number of benzene rings is 2. The predicted molar refractivity (Wildman–Crippen MR) is 83.4 cm³/mol. The number of methoxy groups -OCH3 is 1. The molecule has 3 heteroatoms. The lowest BCUT2D eigenvalue weighted by atomic mass is 10.1. The Morgan fingerprint density at radius 3 is 2.26 bits per heavy atom. The highest BCUT2D eigenvalue weighted by Gasteiger charge is 1.96. The van der Waals surface area contributed by atoms with Crippen molar-refractivity contribution in [3.05, 3.63) is 54.1 Å². The summed E-state index contributed by atoms with van der Waals surface area (Å²) in [5, 5.41) is 3.43. The van der Waals surface area contributed by atoms with E-state index < -0.39 is 0 Å². The first-order chi connectivity index (χ1) is 9.31. The minimum atomic E-state index is 0.907. The molecule has 0 heterocycles. The topological polar surface area (TPSA) is 21.3 Å². The molecule has 0 amide bonds. The van der Waals surface area contributed by atoms with Gasteiger partial charge in [-0.05, 0) is 54.6 Å². The zero-order valence-corrected chi connectivity index (χ0v) is 12.2. The van der Waals surface area contributed by atoms with Crippen LogP contribution in [-0.2, 0) is 6.42 Å². The smallest absolute Gasteiger partial charge is 0.118 e. The highest BCUT2D eigenvalue weighted by molar-refractivity contribution is 7.98. The molecule has 0 aromatic heterocycles. The molecule has 0 bridgehead atoms. The molecule has 0 spiro atoms. The first kappa shape index (κ1) is 13.8. The molecule has 2 aromatic rings. The van der Waals surface area contributed by atoms with Gasteiger partial charge in [-0.3, -0.25) is 0 Å². The molecule has 2 rings (SSSR count). The quantitative estimate of drug-likeness (QED) is 0.802. The second kappa shape index (κ2) is 7.10. The Bertz CT molecular complexity index is 446. The molecule has 0 unspecified atom stereocenters. The Labute approximate surface area is 119 Å². The van der Waals surface area contributed by atoms with E-state index in [1.807, 2.05) is 12.1 Å². The molecule has 1 N–H and O–H groups in total. The van der Waals surface area contributed by atoms with Crippen molar-refractivity contribution in [3.63, 3.8) is 0 Å². The fourth-order valence-corrected chi connectivity index (χ4v) is 2.26. The highest BCUT2D eigenvalue weighted by Crippen LogP contribution is 2.17. The van der Waals surface area contributed by atoms with Crippen LogP contribution in [0.3, 0.4) is 0 Å². The molecule has 100 valence electrons. The van der Waals surface area contributed by atoms with Crippen molar-refractivity contribution in [1.29, 1.82) is 0 Å². The van der Waals surface area contributed by atoms with Gasteiger partial charge in [0, 0.05) is 17.1 Å². The molecule has 2 aromatic carbocycles. The summed E-state index contributed by atoms with van der Waals surface area (Å²) in [6.45, 7) is 0.935. The van der Waals surface area contributed by atoms with Crippen LogP contribution in [0, 0.1) is 0 Å². The standard InChI is InChI=1S/C16H19NOS/c1-18-15-7-3-13(4-8-15)11-12-17-14-5-9-16(19-2)10-6-14/h3-10,17H,11-12H2,1-2H3. The average molecular weight is 273 g/mol. The number of anilines is 1. The van der Waals surface area contributed by atoms with Crippen LogP contribution in [0.2, 0.25) is 0 Å². The maximum atomic E-state index is 5.15. The van der Waals surface area contributed by atoms with Gasteiger partial charge in [-0.15, -0.1) is 11.8 Å². The molecular weight excluding hydrogens is 254 g/mol. The fourth-order valence-electron chi connectivity index (χ4n) is 1.85. The first-order valence-corrected chi connectivity index (χ1v) is 7.55. The summed E-state index contributed by atoms with van der Waals surface area (Å²) in [5.41, 5.74) is 2.49. The van der Waals surface area contributed by atoms with Crippen LogP contribution in [0.5, 0.6) is 5.75 Å². The number of nitrogens with one attached hydrogen (secondary N) is 1. The van der Waals surface area contributed by atoms with E-state index in [2.05, 4.69) is 48.0 Å². The van der Waals surface area contributed by atoms with E-state index >= 15 is 0 Å². The number of rotatable bonds is 6. The third kappa shape index (κ3) is 4.21. The summed E-state index contributed by atoms with van der Waals surface area (Å²) < 4.78 is 5.15. The van der Waals surface area contributed by atoms with Gasteiger partial charge >= 0.3 is 0 Å². The van der Waals surface area contributed by atoms with E-state index in [0.29, 0.717) is 0 Å². The lowest BCUT2D eigenvalue weighted by molar-refractivity contribution is 0.414. The zero-order chi connectivity index (χ0) is 13.5. The van der Waals surface area contributed by atoms with Gasteiger partial charge in [0.05, 0.1) is 7.11 Å². The van der Waals surface area contributed by atoms with Crippen LogP contribution in [0.1, 0.15) is 5.56 Å². The minimum Gasteiger partial charge on any atom is -0.497 e. The minimum absolute atomic E-state index is 0.907.